The summed E-state index contributed by atoms with van der Waals surface area (Å²) >= 11 is 0. The number of methoxy groups -OCH3 is 1. The van der Waals surface area contributed by atoms with E-state index in [2.05, 4.69) is 16.6 Å². The molecule has 2 aromatic carbocycles. The number of likely N-dealkylation sites (tertiary alicyclic amines) is 1. The summed E-state index contributed by atoms with van der Waals surface area (Å²) in [4.78, 5) is 59.9. The molecule has 3 aliphatic rings. The Bertz CT molecular complexity index is 2010. The summed E-state index contributed by atoms with van der Waals surface area (Å²) in [5.74, 6) is -1.93. The Morgan fingerprint density at radius 1 is 1.06 bits per heavy atom. The third-order valence-electron chi connectivity index (χ3n) is 9.44. The summed E-state index contributed by atoms with van der Waals surface area (Å²) in [5.41, 5.74) is -0.151. The number of carbonyl (C=O) groups excluding carboxylic acids is 4. The van der Waals surface area contributed by atoms with E-state index >= 15 is 0 Å². The number of sulfonamides is 1. The number of aromatic nitrogens is 1. The molecule has 276 valence electrons. The van der Waals surface area contributed by atoms with Crippen molar-refractivity contribution in [3.05, 3.63) is 67.3 Å². The summed E-state index contributed by atoms with van der Waals surface area (Å²) in [6, 6.07) is 15.7. The number of benzene rings is 2. The largest absolute Gasteiger partial charge is 0.497 e. The molecule has 52 heavy (non-hydrogen) atoms. The number of pyridine rings is 1. The Morgan fingerprint density at radius 2 is 1.79 bits per heavy atom. The van der Waals surface area contributed by atoms with Crippen molar-refractivity contribution >= 4 is 44.6 Å². The summed E-state index contributed by atoms with van der Waals surface area (Å²) in [6.45, 7) is 8.96. The monoisotopic (exact) mass is 732 g/mol. The number of hydrogen-bond donors (Lipinski definition) is 2. The minimum atomic E-state index is -3.88. The topological polar surface area (TPSA) is 170 Å². The summed E-state index contributed by atoms with van der Waals surface area (Å²) in [5, 5.41) is 2.83. The highest BCUT2D eigenvalue weighted by Crippen LogP contribution is 2.45. The molecule has 14 heteroatoms. The Morgan fingerprint density at radius 3 is 2.42 bits per heavy atom. The quantitative estimate of drug-likeness (QED) is 0.193. The molecule has 0 bridgehead atoms. The predicted molar refractivity (Wildman–Crippen MR) is 193 cm³/mol. The number of esters is 1. The number of nitrogens with zero attached hydrogens (tertiary/aromatic N) is 2. The Balaban J connectivity index is 1.27. The average Bonchev–Trinajstić information content (AvgIpc) is 4.03. The van der Waals surface area contributed by atoms with E-state index in [4.69, 9.17) is 19.2 Å². The molecule has 2 aliphatic carbocycles. The standard InChI is InChI=1S/C38H44N4O9S/c1-6-24-21-38(24,36(46)41-52(47,48)27-13-14-27)40-35(45)31-19-26(22-42(31)33(43)16-17-34(44)51-37(2,3)4)50-32-20-29(23-10-8-7-9-11-23)39-30-18-25(49-5)12-15-28(30)32/h6-12,15,18,20,24,26-27,31H,1,13-14,16-17,19,21-22H2,2-5H3,(H,40,45)(H,41,46)/t24-,26?,31+,38-/m1/s1. The molecule has 1 aliphatic heterocycles. The number of nitrogens with one attached hydrogen (secondary N) is 2. The van der Waals surface area contributed by atoms with Crippen molar-refractivity contribution in [3.63, 3.8) is 0 Å². The van der Waals surface area contributed by atoms with Crippen LogP contribution < -0.4 is 19.5 Å². The number of amides is 3. The third kappa shape index (κ3) is 8.06. The SMILES string of the molecule is C=C[C@@H]1C[C@]1(NC(=O)[C@@H]1CC(Oc2cc(-c3ccccc3)nc3cc(OC)ccc23)CN1C(=O)CCC(=O)OC(C)(C)C)C(=O)NS(=O)(=O)C1CC1. The average molecular weight is 733 g/mol. The van der Waals surface area contributed by atoms with E-state index < -0.39 is 68.2 Å². The van der Waals surface area contributed by atoms with Gasteiger partial charge in [0.15, 0.2) is 0 Å². The van der Waals surface area contributed by atoms with Gasteiger partial charge in [-0.05, 0) is 52.2 Å². The fraction of sp³-hybridized carbons (Fsp3) is 0.447. The van der Waals surface area contributed by atoms with Gasteiger partial charge in [-0.1, -0.05) is 36.4 Å². The van der Waals surface area contributed by atoms with Gasteiger partial charge in [0, 0.05) is 41.8 Å². The Labute approximate surface area is 303 Å². The van der Waals surface area contributed by atoms with E-state index in [1.54, 1.807) is 40.0 Å². The maximum Gasteiger partial charge on any atom is 0.306 e. The lowest BCUT2D eigenvalue weighted by atomic mass is 10.1. The van der Waals surface area contributed by atoms with Gasteiger partial charge in [-0.2, -0.15) is 0 Å². The molecule has 2 N–H and O–H groups in total. The first-order chi connectivity index (χ1) is 24.6. The second kappa shape index (κ2) is 14.2. The minimum absolute atomic E-state index is 0.00597. The van der Waals surface area contributed by atoms with E-state index in [0.29, 0.717) is 40.9 Å². The zero-order chi connectivity index (χ0) is 37.4. The Hall–Kier alpha value is -4.98. The van der Waals surface area contributed by atoms with Crippen LogP contribution in [0.2, 0.25) is 0 Å². The molecular weight excluding hydrogens is 689 g/mol. The highest BCUT2D eigenvalue weighted by Gasteiger charge is 2.62. The molecule has 13 nitrogen and oxygen atoms in total. The number of fused-ring (bicyclic) bond motifs is 1. The first-order valence-corrected chi connectivity index (χ1v) is 18.9. The molecule has 3 fully saturated rings. The van der Waals surface area contributed by atoms with Crippen LogP contribution in [0.3, 0.4) is 0 Å². The van der Waals surface area contributed by atoms with E-state index in [0.717, 1.165) is 5.56 Å². The van der Waals surface area contributed by atoms with Gasteiger partial charge in [0.05, 0.1) is 36.5 Å². The number of hydrogen-bond acceptors (Lipinski definition) is 10. The van der Waals surface area contributed by atoms with Crippen molar-refractivity contribution in [1.29, 1.82) is 0 Å². The van der Waals surface area contributed by atoms with Crippen LogP contribution in [-0.2, 0) is 33.9 Å². The normalized spacial score (nSPS) is 22.7. The minimum Gasteiger partial charge on any atom is -0.497 e. The van der Waals surface area contributed by atoms with Crippen molar-refractivity contribution in [2.75, 3.05) is 13.7 Å². The van der Waals surface area contributed by atoms with Crippen LogP contribution in [0.4, 0.5) is 0 Å². The predicted octanol–water partition coefficient (Wildman–Crippen LogP) is 4.05. The van der Waals surface area contributed by atoms with Crippen molar-refractivity contribution in [2.45, 2.75) is 87.8 Å². The van der Waals surface area contributed by atoms with Crippen molar-refractivity contribution < 1.29 is 41.8 Å². The second-order valence-electron chi connectivity index (χ2n) is 14.6. The zero-order valence-electron chi connectivity index (χ0n) is 29.7. The smallest absolute Gasteiger partial charge is 0.306 e. The van der Waals surface area contributed by atoms with Crippen LogP contribution >= 0.6 is 0 Å². The fourth-order valence-corrected chi connectivity index (χ4v) is 7.87. The van der Waals surface area contributed by atoms with Crippen LogP contribution in [0.15, 0.2) is 67.3 Å². The lowest BCUT2D eigenvalue weighted by Crippen LogP contribution is -2.56. The van der Waals surface area contributed by atoms with E-state index in [-0.39, 0.29) is 32.2 Å². The summed E-state index contributed by atoms with van der Waals surface area (Å²) in [6.07, 6.45) is 1.54. The van der Waals surface area contributed by atoms with Gasteiger partial charge in [0.1, 0.15) is 34.8 Å². The fourth-order valence-electron chi connectivity index (χ4n) is 6.51. The van der Waals surface area contributed by atoms with Crippen LogP contribution in [0, 0.1) is 5.92 Å². The van der Waals surface area contributed by atoms with E-state index in [1.165, 1.54) is 11.0 Å². The number of carbonyl (C=O) groups is 4. The van der Waals surface area contributed by atoms with Crippen LogP contribution in [0.5, 0.6) is 11.5 Å². The molecule has 1 aromatic heterocycles. The lowest BCUT2D eigenvalue weighted by molar-refractivity contribution is -0.156. The summed E-state index contributed by atoms with van der Waals surface area (Å²) < 4.78 is 44.8. The van der Waals surface area contributed by atoms with Crippen molar-refractivity contribution in [1.82, 2.24) is 19.9 Å². The molecule has 0 radical (unpaired) electrons. The van der Waals surface area contributed by atoms with Gasteiger partial charge in [0.2, 0.25) is 21.8 Å². The molecule has 3 amide bonds. The molecule has 2 saturated carbocycles. The van der Waals surface area contributed by atoms with Crippen LogP contribution in [-0.4, -0.2) is 84.2 Å². The molecule has 4 atom stereocenters. The molecule has 1 saturated heterocycles. The van der Waals surface area contributed by atoms with Gasteiger partial charge in [-0.25, -0.2) is 13.4 Å². The first-order valence-electron chi connectivity index (χ1n) is 17.4. The van der Waals surface area contributed by atoms with Gasteiger partial charge in [-0.3, -0.25) is 23.9 Å². The Kier molecular flexibility index (Phi) is 10.1. The highest BCUT2D eigenvalue weighted by atomic mass is 32.2. The molecule has 1 unspecified atom stereocenters. The molecular formula is C38H44N4O9S. The third-order valence-corrected chi connectivity index (χ3v) is 11.3. The van der Waals surface area contributed by atoms with Gasteiger partial charge in [0.25, 0.3) is 5.91 Å². The molecule has 6 rings (SSSR count). The van der Waals surface area contributed by atoms with Crippen molar-refractivity contribution in [2.24, 2.45) is 5.92 Å². The van der Waals surface area contributed by atoms with Crippen LogP contribution in [0.25, 0.3) is 22.2 Å². The molecule has 2 heterocycles. The van der Waals surface area contributed by atoms with Gasteiger partial charge < -0.3 is 24.4 Å². The van der Waals surface area contributed by atoms with E-state index in [9.17, 15) is 27.6 Å². The summed E-state index contributed by atoms with van der Waals surface area (Å²) in [7, 11) is -2.32. The number of rotatable bonds is 13. The number of ether oxygens (including phenoxy) is 3. The molecule has 0 spiro atoms. The van der Waals surface area contributed by atoms with Crippen molar-refractivity contribution in [3.8, 4) is 22.8 Å². The maximum atomic E-state index is 14.1. The first kappa shape index (κ1) is 36.8. The van der Waals surface area contributed by atoms with E-state index in [1.807, 2.05) is 42.5 Å². The second-order valence-corrected chi connectivity index (χ2v) is 16.5. The zero-order valence-corrected chi connectivity index (χ0v) is 30.5. The van der Waals surface area contributed by atoms with Gasteiger partial charge >= 0.3 is 5.97 Å². The van der Waals surface area contributed by atoms with Gasteiger partial charge in [-0.15, -0.1) is 6.58 Å². The molecule has 3 aromatic rings. The lowest BCUT2D eigenvalue weighted by Gasteiger charge is -2.26. The maximum absolute atomic E-state index is 14.1. The van der Waals surface area contributed by atoms with Crippen LogP contribution in [0.1, 0.15) is 59.3 Å². The highest BCUT2D eigenvalue weighted by molar-refractivity contribution is 7.91.